The zero-order valence-electron chi connectivity index (χ0n) is 40.4. The van der Waals surface area contributed by atoms with E-state index in [0.29, 0.717) is 19.3 Å². The van der Waals surface area contributed by atoms with Crippen LogP contribution in [-0.4, -0.2) is 37.2 Å². The van der Waals surface area contributed by atoms with Gasteiger partial charge in [-0.1, -0.05) is 230 Å². The van der Waals surface area contributed by atoms with Gasteiger partial charge in [0.1, 0.15) is 13.2 Å². The van der Waals surface area contributed by atoms with Gasteiger partial charge in [0.05, 0.1) is 0 Å². The van der Waals surface area contributed by atoms with Crippen molar-refractivity contribution in [1.29, 1.82) is 0 Å². The minimum absolute atomic E-state index is 0.0801. The monoisotopic (exact) mass is 855 g/mol. The van der Waals surface area contributed by atoms with Crippen LogP contribution < -0.4 is 0 Å². The Kier molecular flexibility index (Phi) is 47.9. The smallest absolute Gasteiger partial charge is 0.306 e. The number of esters is 3. The van der Waals surface area contributed by atoms with Gasteiger partial charge in [0.25, 0.3) is 0 Å². The zero-order chi connectivity index (χ0) is 44.4. The van der Waals surface area contributed by atoms with E-state index in [0.717, 1.165) is 83.5 Å². The molecule has 6 nitrogen and oxygen atoms in total. The van der Waals surface area contributed by atoms with Gasteiger partial charge in [0, 0.05) is 19.3 Å². The molecule has 1 atom stereocenters. The van der Waals surface area contributed by atoms with E-state index >= 15 is 0 Å². The fourth-order valence-corrected chi connectivity index (χ4v) is 7.37. The molecule has 0 aliphatic heterocycles. The molecule has 0 aromatic carbocycles. The van der Waals surface area contributed by atoms with Crippen molar-refractivity contribution in [2.45, 2.75) is 271 Å². The average Bonchev–Trinajstić information content (AvgIpc) is 3.26. The Bertz CT molecular complexity index is 1070. The number of allylic oxidation sites excluding steroid dienone is 8. The van der Waals surface area contributed by atoms with Crippen LogP contribution in [0.5, 0.6) is 0 Å². The quantitative estimate of drug-likeness (QED) is 0.0263. The van der Waals surface area contributed by atoms with Crippen LogP contribution in [0.3, 0.4) is 0 Å². The highest BCUT2D eigenvalue weighted by molar-refractivity contribution is 5.71. The van der Waals surface area contributed by atoms with E-state index in [1.165, 1.54) is 141 Å². The topological polar surface area (TPSA) is 78.9 Å². The van der Waals surface area contributed by atoms with E-state index in [1.54, 1.807) is 0 Å². The molecule has 354 valence electrons. The Hall–Kier alpha value is -2.63. The van der Waals surface area contributed by atoms with Crippen LogP contribution in [0, 0.1) is 0 Å². The average molecular weight is 855 g/mol. The molecule has 0 aliphatic rings. The number of hydrogen-bond donors (Lipinski definition) is 0. The summed E-state index contributed by atoms with van der Waals surface area (Å²) in [5.41, 5.74) is 0. The van der Waals surface area contributed by atoms with Gasteiger partial charge in [0.15, 0.2) is 6.10 Å². The number of ether oxygens (including phenoxy) is 3. The van der Waals surface area contributed by atoms with Gasteiger partial charge in [-0.15, -0.1) is 0 Å². The van der Waals surface area contributed by atoms with E-state index < -0.39 is 6.10 Å². The van der Waals surface area contributed by atoms with E-state index in [9.17, 15) is 14.4 Å². The first-order valence-electron chi connectivity index (χ1n) is 26.1. The summed E-state index contributed by atoms with van der Waals surface area (Å²) in [4.78, 5) is 37.9. The van der Waals surface area contributed by atoms with Crippen LogP contribution >= 0.6 is 0 Å². The largest absolute Gasteiger partial charge is 0.462 e. The molecule has 0 aromatic rings. The Morgan fingerprint density at radius 1 is 0.328 bits per heavy atom. The van der Waals surface area contributed by atoms with Gasteiger partial charge in [-0.3, -0.25) is 14.4 Å². The molecule has 0 unspecified atom stereocenters. The lowest BCUT2D eigenvalue weighted by atomic mass is 10.0. The first-order chi connectivity index (χ1) is 30.0. The van der Waals surface area contributed by atoms with Crippen LogP contribution in [0.4, 0.5) is 0 Å². The van der Waals surface area contributed by atoms with Crippen LogP contribution in [0.2, 0.25) is 0 Å². The number of rotatable bonds is 47. The van der Waals surface area contributed by atoms with Crippen molar-refractivity contribution < 1.29 is 28.6 Å². The Balaban J connectivity index is 4.36. The molecule has 0 radical (unpaired) electrons. The minimum atomic E-state index is -0.780. The Morgan fingerprint density at radius 3 is 0.951 bits per heavy atom. The highest BCUT2D eigenvalue weighted by Crippen LogP contribution is 2.15. The second-order valence-corrected chi connectivity index (χ2v) is 17.4. The summed E-state index contributed by atoms with van der Waals surface area (Å²) in [6.07, 6.45) is 59.5. The maximum absolute atomic E-state index is 12.8. The molecule has 0 N–H and O–H groups in total. The first kappa shape index (κ1) is 58.4. The van der Waals surface area contributed by atoms with E-state index in [4.69, 9.17) is 14.2 Å². The van der Waals surface area contributed by atoms with E-state index in [2.05, 4.69) is 69.4 Å². The molecular formula is C55H98O6. The lowest BCUT2D eigenvalue weighted by Gasteiger charge is -2.18. The molecule has 0 bridgehead atoms. The van der Waals surface area contributed by atoms with Crippen LogP contribution in [0.1, 0.15) is 265 Å². The van der Waals surface area contributed by atoms with E-state index in [-0.39, 0.29) is 31.1 Å². The van der Waals surface area contributed by atoms with Gasteiger partial charge >= 0.3 is 17.9 Å². The molecule has 6 heteroatoms. The third-order valence-electron chi connectivity index (χ3n) is 11.3. The normalized spacial score (nSPS) is 12.4. The molecule has 0 rings (SSSR count). The summed E-state index contributed by atoms with van der Waals surface area (Å²) in [7, 11) is 0. The summed E-state index contributed by atoms with van der Waals surface area (Å²) < 4.78 is 16.8. The fraction of sp³-hybridized carbons (Fsp3) is 0.800. The van der Waals surface area contributed by atoms with Crippen molar-refractivity contribution in [2.24, 2.45) is 0 Å². The predicted octanol–water partition coefficient (Wildman–Crippen LogP) is 17.1. The Labute approximate surface area is 378 Å². The number of carbonyl (C=O) groups excluding carboxylic acids is 3. The molecule has 0 heterocycles. The van der Waals surface area contributed by atoms with Crippen LogP contribution in [0.15, 0.2) is 48.6 Å². The van der Waals surface area contributed by atoms with Gasteiger partial charge < -0.3 is 14.2 Å². The maximum atomic E-state index is 12.8. The SMILES string of the molecule is CCCCC/C=C\C/C=C\C/C=C\C/C=C\CCCCCC(=O)OC[C@@H](COC(=O)CCCCCCCCCCC)OC(=O)CCCCCCCCCCCCCCCCC. The summed E-state index contributed by atoms with van der Waals surface area (Å²) in [5, 5.41) is 0. The van der Waals surface area contributed by atoms with Crippen LogP contribution in [-0.2, 0) is 28.6 Å². The third kappa shape index (κ3) is 48.3. The van der Waals surface area contributed by atoms with Gasteiger partial charge in [0.2, 0.25) is 0 Å². The minimum Gasteiger partial charge on any atom is -0.462 e. The standard InChI is InChI=1S/C55H98O6/c1-4-7-10-13-16-19-21-23-25-26-27-28-30-31-33-36-39-42-45-48-54(57)60-51-52(50-59-53(56)47-44-41-38-35-18-15-12-9-6-3)61-55(58)49-46-43-40-37-34-32-29-24-22-20-17-14-11-8-5-2/h16,19,23,25,27-28,31,33,52H,4-15,17-18,20-22,24,26,29-30,32,34-51H2,1-3H3/b19-16-,25-23-,28-27-,33-31-/t52-/m1/s1. The van der Waals surface area contributed by atoms with Gasteiger partial charge in [-0.2, -0.15) is 0 Å². The third-order valence-corrected chi connectivity index (χ3v) is 11.3. The molecule has 0 saturated carbocycles. The zero-order valence-corrected chi connectivity index (χ0v) is 40.4. The number of carbonyl (C=O) groups is 3. The molecule has 0 fully saturated rings. The number of hydrogen-bond acceptors (Lipinski definition) is 6. The summed E-state index contributed by atoms with van der Waals surface area (Å²) in [5.74, 6) is -0.906. The van der Waals surface area contributed by atoms with E-state index in [1.807, 2.05) is 0 Å². The fourth-order valence-electron chi connectivity index (χ4n) is 7.37. The van der Waals surface area contributed by atoms with Crippen molar-refractivity contribution in [3.8, 4) is 0 Å². The van der Waals surface area contributed by atoms with Crippen molar-refractivity contribution in [1.82, 2.24) is 0 Å². The van der Waals surface area contributed by atoms with Crippen molar-refractivity contribution in [2.75, 3.05) is 13.2 Å². The lowest BCUT2D eigenvalue weighted by Crippen LogP contribution is -2.30. The van der Waals surface area contributed by atoms with Crippen molar-refractivity contribution >= 4 is 17.9 Å². The van der Waals surface area contributed by atoms with Crippen molar-refractivity contribution in [3.63, 3.8) is 0 Å². The molecule has 0 amide bonds. The summed E-state index contributed by atoms with van der Waals surface area (Å²) >= 11 is 0. The highest BCUT2D eigenvalue weighted by atomic mass is 16.6. The van der Waals surface area contributed by atoms with Crippen LogP contribution in [0.25, 0.3) is 0 Å². The highest BCUT2D eigenvalue weighted by Gasteiger charge is 2.19. The van der Waals surface area contributed by atoms with Gasteiger partial charge in [-0.05, 0) is 64.2 Å². The molecule has 0 aliphatic carbocycles. The second-order valence-electron chi connectivity index (χ2n) is 17.4. The van der Waals surface area contributed by atoms with Gasteiger partial charge in [-0.25, -0.2) is 0 Å². The molecule has 0 spiro atoms. The Morgan fingerprint density at radius 2 is 0.590 bits per heavy atom. The molecular weight excluding hydrogens is 757 g/mol. The molecule has 61 heavy (non-hydrogen) atoms. The van der Waals surface area contributed by atoms with Crippen molar-refractivity contribution in [3.05, 3.63) is 48.6 Å². The lowest BCUT2D eigenvalue weighted by molar-refractivity contribution is -0.167. The number of unbranched alkanes of at least 4 members (excludes halogenated alkanes) is 28. The second kappa shape index (κ2) is 50.0. The first-order valence-corrected chi connectivity index (χ1v) is 26.1. The maximum Gasteiger partial charge on any atom is 0.306 e. The predicted molar refractivity (Wildman–Crippen MR) is 261 cm³/mol. The summed E-state index contributed by atoms with van der Waals surface area (Å²) in [6, 6.07) is 0. The molecule has 0 saturated heterocycles. The summed E-state index contributed by atoms with van der Waals surface area (Å²) in [6.45, 7) is 6.58. The molecule has 0 aromatic heterocycles.